The third-order valence-corrected chi connectivity index (χ3v) is 4.80. The zero-order chi connectivity index (χ0) is 11.8. The number of nitrogens with zero attached hydrogens (tertiary/aromatic N) is 1. The quantitative estimate of drug-likeness (QED) is 0.839. The first-order valence-electron chi connectivity index (χ1n) is 6.96. The fraction of sp³-hybridized carbons (Fsp3) is 0.786. The Morgan fingerprint density at radius 3 is 2.94 bits per heavy atom. The lowest BCUT2D eigenvalue weighted by Gasteiger charge is -2.28. The standard InChI is InChI=1S/C14H23N3/c1-9(14-6-11-3-4-12(14)5-11)15-7-13-8-16-10(2)17-13/h8-9,11-12,14-15H,3-7H2,1-2H3,(H,16,17). The van der Waals surface area contributed by atoms with Gasteiger partial charge >= 0.3 is 0 Å². The minimum Gasteiger partial charge on any atom is -0.345 e. The Hall–Kier alpha value is -0.830. The molecule has 3 rings (SSSR count). The van der Waals surface area contributed by atoms with Crippen LogP contribution in [-0.2, 0) is 6.54 Å². The molecule has 1 aromatic heterocycles. The maximum Gasteiger partial charge on any atom is 0.103 e. The Balaban J connectivity index is 1.52. The Labute approximate surface area is 103 Å². The molecule has 1 heterocycles. The summed E-state index contributed by atoms with van der Waals surface area (Å²) in [6.07, 6.45) is 7.87. The Morgan fingerprint density at radius 1 is 1.47 bits per heavy atom. The molecule has 3 heteroatoms. The molecule has 0 radical (unpaired) electrons. The third-order valence-electron chi connectivity index (χ3n) is 4.80. The fourth-order valence-electron chi connectivity index (χ4n) is 3.89. The average molecular weight is 233 g/mol. The average Bonchev–Trinajstić information content (AvgIpc) is 3.01. The molecule has 3 nitrogen and oxygen atoms in total. The van der Waals surface area contributed by atoms with Crippen LogP contribution in [0.5, 0.6) is 0 Å². The van der Waals surface area contributed by atoms with Crippen molar-refractivity contribution >= 4 is 0 Å². The molecule has 1 aromatic rings. The molecule has 0 spiro atoms. The highest BCUT2D eigenvalue weighted by atomic mass is 15.0. The van der Waals surface area contributed by atoms with E-state index in [-0.39, 0.29) is 0 Å². The van der Waals surface area contributed by atoms with Gasteiger partial charge in [-0.1, -0.05) is 6.42 Å². The summed E-state index contributed by atoms with van der Waals surface area (Å²) in [6.45, 7) is 5.29. The number of aromatic amines is 1. The van der Waals surface area contributed by atoms with Crippen molar-refractivity contribution in [2.75, 3.05) is 0 Å². The lowest BCUT2D eigenvalue weighted by atomic mass is 9.84. The van der Waals surface area contributed by atoms with Crippen LogP contribution in [0.1, 0.15) is 44.1 Å². The van der Waals surface area contributed by atoms with Gasteiger partial charge in [-0.15, -0.1) is 0 Å². The van der Waals surface area contributed by atoms with Crippen LogP contribution in [-0.4, -0.2) is 16.0 Å². The van der Waals surface area contributed by atoms with E-state index in [1.54, 1.807) is 0 Å². The van der Waals surface area contributed by atoms with Crippen molar-refractivity contribution in [1.29, 1.82) is 0 Å². The van der Waals surface area contributed by atoms with Gasteiger partial charge in [-0.05, 0) is 50.9 Å². The van der Waals surface area contributed by atoms with E-state index >= 15 is 0 Å². The number of aromatic nitrogens is 2. The molecule has 0 amide bonds. The smallest absolute Gasteiger partial charge is 0.103 e. The highest BCUT2D eigenvalue weighted by molar-refractivity contribution is 5.00. The van der Waals surface area contributed by atoms with Crippen LogP contribution < -0.4 is 5.32 Å². The van der Waals surface area contributed by atoms with E-state index in [4.69, 9.17) is 0 Å². The Kier molecular flexibility index (Phi) is 2.95. The van der Waals surface area contributed by atoms with Crippen molar-refractivity contribution in [1.82, 2.24) is 15.3 Å². The molecule has 0 saturated heterocycles. The van der Waals surface area contributed by atoms with Gasteiger partial charge in [0.25, 0.3) is 0 Å². The van der Waals surface area contributed by atoms with Gasteiger partial charge in [0.15, 0.2) is 0 Å². The molecule has 0 aromatic carbocycles. The maximum atomic E-state index is 4.23. The van der Waals surface area contributed by atoms with E-state index < -0.39 is 0 Å². The highest BCUT2D eigenvalue weighted by Gasteiger charge is 2.41. The minimum atomic E-state index is 0.647. The van der Waals surface area contributed by atoms with Gasteiger partial charge in [-0.2, -0.15) is 0 Å². The Bertz CT molecular complexity index is 385. The molecule has 2 aliphatic carbocycles. The lowest BCUT2D eigenvalue weighted by Crippen LogP contribution is -2.35. The topological polar surface area (TPSA) is 40.7 Å². The summed E-state index contributed by atoms with van der Waals surface area (Å²) < 4.78 is 0. The number of fused-ring (bicyclic) bond motifs is 2. The predicted octanol–water partition coefficient (Wildman–Crippen LogP) is 2.63. The first-order chi connectivity index (χ1) is 8.22. The van der Waals surface area contributed by atoms with E-state index in [0.717, 1.165) is 30.1 Å². The van der Waals surface area contributed by atoms with Crippen LogP contribution in [0.3, 0.4) is 0 Å². The van der Waals surface area contributed by atoms with Crippen molar-refractivity contribution in [3.05, 3.63) is 17.7 Å². The van der Waals surface area contributed by atoms with E-state index in [2.05, 4.69) is 22.2 Å². The number of aryl methyl sites for hydroxylation is 1. The zero-order valence-corrected chi connectivity index (χ0v) is 10.9. The number of imidazole rings is 1. The van der Waals surface area contributed by atoms with E-state index in [1.807, 2.05) is 13.1 Å². The first kappa shape index (κ1) is 11.3. The molecule has 17 heavy (non-hydrogen) atoms. The van der Waals surface area contributed by atoms with Gasteiger partial charge in [0.2, 0.25) is 0 Å². The molecule has 4 atom stereocenters. The second kappa shape index (κ2) is 4.45. The van der Waals surface area contributed by atoms with Crippen molar-refractivity contribution in [3.8, 4) is 0 Å². The van der Waals surface area contributed by atoms with Gasteiger partial charge in [0.05, 0.1) is 0 Å². The predicted molar refractivity (Wildman–Crippen MR) is 68.6 cm³/mol. The normalized spacial score (nSPS) is 33.2. The van der Waals surface area contributed by atoms with Crippen LogP contribution >= 0.6 is 0 Å². The monoisotopic (exact) mass is 233 g/mol. The molecular weight excluding hydrogens is 210 g/mol. The minimum absolute atomic E-state index is 0.647. The summed E-state index contributed by atoms with van der Waals surface area (Å²) in [5.41, 5.74) is 1.21. The first-order valence-corrected chi connectivity index (χ1v) is 6.96. The van der Waals surface area contributed by atoms with Gasteiger partial charge in [0.1, 0.15) is 5.82 Å². The van der Waals surface area contributed by atoms with E-state index in [1.165, 1.54) is 31.4 Å². The van der Waals surface area contributed by atoms with Crippen molar-refractivity contribution in [2.24, 2.45) is 17.8 Å². The molecule has 2 aliphatic rings. The van der Waals surface area contributed by atoms with Crippen molar-refractivity contribution < 1.29 is 0 Å². The number of rotatable bonds is 4. The number of hydrogen-bond donors (Lipinski definition) is 2. The Morgan fingerprint density at radius 2 is 2.35 bits per heavy atom. The zero-order valence-electron chi connectivity index (χ0n) is 10.9. The number of H-pyrrole nitrogens is 1. The fourth-order valence-corrected chi connectivity index (χ4v) is 3.89. The SMILES string of the molecule is Cc1ncc(CNC(C)C2CC3CCC2C3)[nH]1. The van der Waals surface area contributed by atoms with Gasteiger partial charge < -0.3 is 10.3 Å². The molecule has 4 unspecified atom stereocenters. The summed E-state index contributed by atoms with van der Waals surface area (Å²) in [4.78, 5) is 7.52. The van der Waals surface area contributed by atoms with Crippen LogP contribution in [0.4, 0.5) is 0 Å². The number of hydrogen-bond acceptors (Lipinski definition) is 2. The summed E-state index contributed by atoms with van der Waals surface area (Å²) in [5, 5.41) is 3.67. The van der Waals surface area contributed by atoms with Crippen LogP contribution in [0, 0.1) is 24.7 Å². The molecule has 2 bridgehead atoms. The summed E-state index contributed by atoms with van der Waals surface area (Å²) >= 11 is 0. The summed E-state index contributed by atoms with van der Waals surface area (Å²) in [6, 6.07) is 0.647. The molecule has 2 saturated carbocycles. The van der Waals surface area contributed by atoms with Crippen molar-refractivity contribution in [2.45, 2.75) is 52.1 Å². The molecule has 0 aliphatic heterocycles. The van der Waals surface area contributed by atoms with E-state index in [0.29, 0.717) is 6.04 Å². The second-order valence-corrected chi connectivity index (χ2v) is 6.00. The summed E-state index contributed by atoms with van der Waals surface area (Å²) in [7, 11) is 0. The number of nitrogens with one attached hydrogen (secondary N) is 2. The molecule has 94 valence electrons. The van der Waals surface area contributed by atoms with Gasteiger partial charge in [-0.3, -0.25) is 0 Å². The highest BCUT2D eigenvalue weighted by Crippen LogP contribution is 2.49. The van der Waals surface area contributed by atoms with Crippen LogP contribution in [0.15, 0.2) is 6.20 Å². The van der Waals surface area contributed by atoms with Crippen molar-refractivity contribution in [3.63, 3.8) is 0 Å². The largest absolute Gasteiger partial charge is 0.345 e. The second-order valence-electron chi connectivity index (χ2n) is 6.00. The maximum absolute atomic E-state index is 4.23. The molecule has 2 fully saturated rings. The van der Waals surface area contributed by atoms with Crippen LogP contribution in [0.2, 0.25) is 0 Å². The van der Waals surface area contributed by atoms with Crippen LogP contribution in [0.25, 0.3) is 0 Å². The molecule has 2 N–H and O–H groups in total. The van der Waals surface area contributed by atoms with E-state index in [9.17, 15) is 0 Å². The van der Waals surface area contributed by atoms with Gasteiger partial charge in [-0.25, -0.2) is 4.98 Å². The summed E-state index contributed by atoms with van der Waals surface area (Å²) in [5.74, 6) is 3.97. The lowest BCUT2D eigenvalue weighted by molar-refractivity contribution is 0.259. The van der Waals surface area contributed by atoms with Gasteiger partial charge in [0, 0.05) is 24.5 Å². The molecular formula is C14H23N3. The third kappa shape index (κ3) is 2.25.